The van der Waals surface area contributed by atoms with Crippen LogP contribution in [0.25, 0.3) is 0 Å². The van der Waals surface area contributed by atoms with Crippen molar-refractivity contribution in [2.75, 3.05) is 18.5 Å². The number of carbonyl (C=O) groups excluding carboxylic acids is 2. The first-order valence-corrected chi connectivity index (χ1v) is 7.02. The van der Waals surface area contributed by atoms with Crippen LogP contribution >= 0.6 is 12.4 Å². The van der Waals surface area contributed by atoms with Gasteiger partial charge in [-0.05, 0) is 50.6 Å². The highest BCUT2D eigenvalue weighted by Crippen LogP contribution is 2.13. The summed E-state index contributed by atoms with van der Waals surface area (Å²) in [5.74, 6) is -0.368. The number of piperidine rings is 1. The van der Waals surface area contributed by atoms with Gasteiger partial charge in [0.25, 0.3) is 0 Å². The second-order valence-electron chi connectivity index (χ2n) is 4.79. The third-order valence-electron chi connectivity index (χ3n) is 3.29. The Morgan fingerprint density at radius 1 is 1.29 bits per heavy atom. The van der Waals surface area contributed by atoms with Crippen LogP contribution in [-0.2, 0) is 9.53 Å². The van der Waals surface area contributed by atoms with Gasteiger partial charge in [0.15, 0.2) is 0 Å². The molecule has 1 heterocycles. The summed E-state index contributed by atoms with van der Waals surface area (Å²) in [6.45, 7) is 3.01. The molecule has 0 bridgehead atoms. The SMILES string of the molecule is CCOC(=O)c1ccc(NC(=O)C2CCCCN2)cc1.Cl. The van der Waals surface area contributed by atoms with Crippen molar-refractivity contribution in [3.05, 3.63) is 29.8 Å². The maximum Gasteiger partial charge on any atom is 0.338 e. The number of nitrogens with one attached hydrogen (secondary N) is 2. The first kappa shape index (κ1) is 17.5. The van der Waals surface area contributed by atoms with E-state index in [4.69, 9.17) is 4.74 Å². The van der Waals surface area contributed by atoms with Crippen LogP contribution in [0.5, 0.6) is 0 Å². The van der Waals surface area contributed by atoms with Gasteiger partial charge in [0.05, 0.1) is 18.2 Å². The monoisotopic (exact) mass is 312 g/mol. The second kappa shape index (κ2) is 8.64. The zero-order valence-electron chi connectivity index (χ0n) is 12.1. The fraction of sp³-hybridized carbons (Fsp3) is 0.467. The Morgan fingerprint density at radius 3 is 2.57 bits per heavy atom. The zero-order chi connectivity index (χ0) is 14.4. The second-order valence-corrected chi connectivity index (χ2v) is 4.79. The Hall–Kier alpha value is -1.59. The van der Waals surface area contributed by atoms with Gasteiger partial charge >= 0.3 is 5.97 Å². The Morgan fingerprint density at radius 2 is 2.00 bits per heavy atom. The Balaban J connectivity index is 0.00000220. The van der Waals surface area contributed by atoms with Gasteiger partial charge < -0.3 is 15.4 Å². The van der Waals surface area contributed by atoms with E-state index in [1.165, 1.54) is 0 Å². The van der Waals surface area contributed by atoms with Crippen molar-refractivity contribution in [1.29, 1.82) is 0 Å². The van der Waals surface area contributed by atoms with Gasteiger partial charge in [0, 0.05) is 5.69 Å². The molecule has 6 heteroatoms. The minimum Gasteiger partial charge on any atom is -0.462 e. The largest absolute Gasteiger partial charge is 0.462 e. The summed E-state index contributed by atoms with van der Waals surface area (Å²) in [6.07, 6.45) is 3.07. The quantitative estimate of drug-likeness (QED) is 0.838. The summed E-state index contributed by atoms with van der Waals surface area (Å²) in [6, 6.07) is 6.62. The van der Waals surface area contributed by atoms with E-state index in [0.29, 0.717) is 17.9 Å². The van der Waals surface area contributed by atoms with Gasteiger partial charge in [-0.3, -0.25) is 4.79 Å². The fourth-order valence-electron chi connectivity index (χ4n) is 2.21. The molecule has 1 aromatic rings. The number of esters is 1. The maximum atomic E-state index is 12.0. The van der Waals surface area contributed by atoms with Crippen LogP contribution < -0.4 is 10.6 Å². The average molecular weight is 313 g/mol. The standard InChI is InChI=1S/C15H20N2O3.ClH/c1-2-20-15(19)11-6-8-12(9-7-11)17-14(18)13-5-3-4-10-16-13;/h6-9,13,16H,2-5,10H2,1H3,(H,17,18);1H. The molecule has 0 aliphatic carbocycles. The third-order valence-corrected chi connectivity index (χ3v) is 3.29. The molecule has 1 unspecified atom stereocenters. The number of hydrogen-bond donors (Lipinski definition) is 2. The lowest BCUT2D eigenvalue weighted by Gasteiger charge is -2.22. The number of carbonyl (C=O) groups is 2. The molecule has 1 fully saturated rings. The van der Waals surface area contributed by atoms with E-state index in [-0.39, 0.29) is 30.3 Å². The van der Waals surface area contributed by atoms with E-state index in [1.807, 2.05) is 0 Å². The molecule has 0 radical (unpaired) electrons. The number of halogens is 1. The van der Waals surface area contributed by atoms with E-state index >= 15 is 0 Å². The summed E-state index contributed by atoms with van der Waals surface area (Å²) in [5, 5.41) is 6.06. The van der Waals surface area contributed by atoms with Gasteiger partial charge in [-0.1, -0.05) is 6.42 Å². The molecule has 1 amide bonds. The molecule has 2 N–H and O–H groups in total. The zero-order valence-corrected chi connectivity index (χ0v) is 12.9. The predicted molar refractivity (Wildman–Crippen MR) is 83.9 cm³/mol. The van der Waals surface area contributed by atoms with E-state index in [2.05, 4.69) is 10.6 Å². The van der Waals surface area contributed by atoms with Crippen LogP contribution in [0.4, 0.5) is 5.69 Å². The molecule has 21 heavy (non-hydrogen) atoms. The average Bonchev–Trinajstić information content (AvgIpc) is 2.49. The molecule has 0 aromatic heterocycles. The predicted octanol–water partition coefficient (Wildman–Crippen LogP) is 2.37. The van der Waals surface area contributed by atoms with Crippen molar-refractivity contribution >= 4 is 30.0 Å². The first-order chi connectivity index (χ1) is 9.70. The van der Waals surface area contributed by atoms with Gasteiger partial charge in [0.1, 0.15) is 0 Å². The highest BCUT2D eigenvalue weighted by Gasteiger charge is 2.20. The van der Waals surface area contributed by atoms with E-state index in [1.54, 1.807) is 31.2 Å². The molecule has 2 rings (SSSR count). The molecule has 5 nitrogen and oxygen atoms in total. The molecule has 1 aliphatic heterocycles. The van der Waals surface area contributed by atoms with Gasteiger partial charge in [-0.2, -0.15) is 0 Å². The van der Waals surface area contributed by atoms with E-state index in [9.17, 15) is 9.59 Å². The maximum absolute atomic E-state index is 12.0. The number of anilines is 1. The lowest BCUT2D eigenvalue weighted by molar-refractivity contribution is -0.118. The molecular formula is C15H21ClN2O3. The molecule has 1 saturated heterocycles. The lowest BCUT2D eigenvalue weighted by Crippen LogP contribution is -2.43. The number of rotatable bonds is 4. The molecule has 0 spiro atoms. The normalized spacial score (nSPS) is 17.5. The van der Waals surface area contributed by atoms with Crippen LogP contribution in [0.3, 0.4) is 0 Å². The van der Waals surface area contributed by atoms with Crippen molar-refractivity contribution < 1.29 is 14.3 Å². The summed E-state index contributed by atoms with van der Waals surface area (Å²) < 4.78 is 4.91. The highest BCUT2D eigenvalue weighted by atomic mass is 35.5. The van der Waals surface area contributed by atoms with Crippen molar-refractivity contribution in [3.63, 3.8) is 0 Å². The molecule has 0 saturated carbocycles. The topological polar surface area (TPSA) is 67.4 Å². The Bertz CT molecular complexity index is 470. The van der Waals surface area contributed by atoms with Crippen LogP contribution in [-0.4, -0.2) is 31.1 Å². The van der Waals surface area contributed by atoms with Crippen molar-refractivity contribution in [3.8, 4) is 0 Å². The van der Waals surface area contributed by atoms with Crippen LogP contribution in [0.1, 0.15) is 36.5 Å². The van der Waals surface area contributed by atoms with Crippen LogP contribution in [0.15, 0.2) is 24.3 Å². The Labute approximate surface area is 130 Å². The van der Waals surface area contributed by atoms with Crippen molar-refractivity contribution in [1.82, 2.24) is 5.32 Å². The molecule has 1 aliphatic rings. The van der Waals surface area contributed by atoms with Crippen molar-refractivity contribution in [2.45, 2.75) is 32.2 Å². The number of hydrogen-bond acceptors (Lipinski definition) is 4. The highest BCUT2D eigenvalue weighted by molar-refractivity contribution is 5.95. The number of amides is 1. The van der Waals surface area contributed by atoms with Gasteiger partial charge in [-0.15, -0.1) is 12.4 Å². The van der Waals surface area contributed by atoms with Crippen molar-refractivity contribution in [2.24, 2.45) is 0 Å². The van der Waals surface area contributed by atoms with Gasteiger partial charge in [-0.25, -0.2) is 4.79 Å². The van der Waals surface area contributed by atoms with E-state index < -0.39 is 0 Å². The summed E-state index contributed by atoms with van der Waals surface area (Å²) >= 11 is 0. The van der Waals surface area contributed by atoms with Crippen LogP contribution in [0.2, 0.25) is 0 Å². The van der Waals surface area contributed by atoms with E-state index in [0.717, 1.165) is 25.8 Å². The smallest absolute Gasteiger partial charge is 0.338 e. The number of benzene rings is 1. The summed E-state index contributed by atoms with van der Waals surface area (Å²) in [7, 11) is 0. The lowest BCUT2D eigenvalue weighted by atomic mass is 10.0. The minimum absolute atomic E-state index is 0. The minimum atomic E-state index is -0.348. The number of ether oxygens (including phenoxy) is 1. The summed E-state index contributed by atoms with van der Waals surface area (Å²) in [4.78, 5) is 23.5. The molecule has 116 valence electrons. The molecular weight excluding hydrogens is 292 g/mol. The van der Waals surface area contributed by atoms with Crippen LogP contribution in [0, 0.1) is 0 Å². The first-order valence-electron chi connectivity index (χ1n) is 7.02. The summed E-state index contributed by atoms with van der Waals surface area (Å²) in [5.41, 5.74) is 1.18. The molecule has 1 aromatic carbocycles. The fourth-order valence-corrected chi connectivity index (χ4v) is 2.21. The molecule has 1 atom stereocenters. The Kier molecular flexibility index (Phi) is 7.19. The van der Waals surface area contributed by atoms with Gasteiger partial charge in [0.2, 0.25) is 5.91 Å². The third kappa shape index (κ3) is 5.02.